The highest BCUT2D eigenvalue weighted by atomic mass is 16.6. The molecule has 0 unspecified atom stereocenters. The van der Waals surface area contributed by atoms with Gasteiger partial charge < -0.3 is 18.9 Å². The Morgan fingerprint density at radius 2 is 1.24 bits per heavy atom. The minimum atomic E-state index is -0.404. The van der Waals surface area contributed by atoms with Gasteiger partial charge in [-0.25, -0.2) is 9.59 Å². The summed E-state index contributed by atoms with van der Waals surface area (Å²) in [7, 11) is 0. The van der Waals surface area contributed by atoms with Gasteiger partial charge in [-0.15, -0.1) is 0 Å². The van der Waals surface area contributed by atoms with Crippen LogP contribution in [0.4, 0.5) is 0 Å². The number of esters is 2. The van der Waals surface area contributed by atoms with Gasteiger partial charge in [0.1, 0.15) is 11.5 Å². The van der Waals surface area contributed by atoms with E-state index in [1.807, 2.05) is 44.2 Å². The number of benzene rings is 3. The average Bonchev–Trinajstić information content (AvgIpc) is 2.87. The van der Waals surface area contributed by atoms with Gasteiger partial charge in [0.25, 0.3) is 0 Å². The van der Waals surface area contributed by atoms with E-state index in [0.29, 0.717) is 24.7 Å². The van der Waals surface area contributed by atoms with Gasteiger partial charge in [-0.2, -0.15) is 0 Å². The summed E-state index contributed by atoms with van der Waals surface area (Å²) in [6.45, 7) is 8.49. The third-order valence-corrected chi connectivity index (χ3v) is 5.64. The second kappa shape index (κ2) is 12.3. The van der Waals surface area contributed by atoms with Gasteiger partial charge in [-0.1, -0.05) is 64.1 Å². The number of ether oxygens (including phenoxy) is 4. The van der Waals surface area contributed by atoms with Crippen LogP contribution in [0.1, 0.15) is 51.7 Å². The maximum absolute atomic E-state index is 12.2. The molecule has 0 heterocycles. The Labute approximate surface area is 201 Å². The summed E-state index contributed by atoms with van der Waals surface area (Å²) in [5, 5.41) is 3.37. The SMILES string of the molecule is CCCOC(=O)COc1c2ccccc2c(OCC(=O)OCCC)c2c(CC)c(CC)ccc12. The van der Waals surface area contributed by atoms with Gasteiger partial charge in [-0.3, -0.25) is 0 Å². The second-order valence-electron chi connectivity index (χ2n) is 8.06. The summed E-state index contributed by atoms with van der Waals surface area (Å²) >= 11 is 0. The molecule has 0 aliphatic heterocycles. The Kier molecular flexibility index (Phi) is 9.14. The minimum Gasteiger partial charge on any atom is -0.481 e. The van der Waals surface area contributed by atoms with Crippen molar-refractivity contribution in [1.82, 2.24) is 0 Å². The highest BCUT2D eigenvalue weighted by Gasteiger charge is 2.21. The van der Waals surface area contributed by atoms with Gasteiger partial charge in [-0.05, 0) is 36.8 Å². The molecule has 6 nitrogen and oxygen atoms in total. The first-order chi connectivity index (χ1) is 16.5. The summed E-state index contributed by atoms with van der Waals surface area (Å²) < 4.78 is 22.6. The molecule has 3 aromatic carbocycles. The molecule has 0 atom stereocenters. The monoisotopic (exact) mass is 466 g/mol. The predicted octanol–water partition coefficient (Wildman–Crippen LogP) is 5.78. The number of hydrogen-bond donors (Lipinski definition) is 0. The van der Waals surface area contributed by atoms with Crippen molar-refractivity contribution in [3.8, 4) is 11.5 Å². The molecule has 3 aromatic rings. The van der Waals surface area contributed by atoms with E-state index >= 15 is 0 Å². The first-order valence-electron chi connectivity index (χ1n) is 12.1. The molecule has 0 bridgehead atoms. The lowest BCUT2D eigenvalue weighted by molar-refractivity contribution is -0.146. The van der Waals surface area contributed by atoms with E-state index in [-0.39, 0.29) is 13.2 Å². The zero-order valence-electron chi connectivity index (χ0n) is 20.6. The molecule has 6 heteroatoms. The topological polar surface area (TPSA) is 71.1 Å². The van der Waals surface area contributed by atoms with Crippen molar-refractivity contribution in [2.45, 2.75) is 53.4 Å². The Hall–Kier alpha value is -3.28. The van der Waals surface area contributed by atoms with Crippen molar-refractivity contribution in [3.05, 3.63) is 47.5 Å². The van der Waals surface area contributed by atoms with Gasteiger partial charge in [0.2, 0.25) is 0 Å². The van der Waals surface area contributed by atoms with Crippen LogP contribution in [-0.4, -0.2) is 38.4 Å². The Bertz CT molecular complexity index is 1150. The van der Waals surface area contributed by atoms with Gasteiger partial charge in [0.15, 0.2) is 13.2 Å². The molecular formula is C28H34O6. The fraction of sp³-hybridized carbons (Fsp3) is 0.429. The Morgan fingerprint density at radius 1 is 0.676 bits per heavy atom. The maximum atomic E-state index is 12.2. The Morgan fingerprint density at radius 3 is 1.76 bits per heavy atom. The minimum absolute atomic E-state index is 0.178. The number of aryl methyl sites for hydroxylation is 2. The molecule has 0 radical (unpaired) electrons. The van der Waals surface area contributed by atoms with E-state index in [1.165, 1.54) is 5.56 Å². The number of rotatable bonds is 12. The summed E-state index contributed by atoms with van der Waals surface area (Å²) in [4.78, 5) is 24.4. The number of fused-ring (bicyclic) bond motifs is 2. The van der Waals surface area contributed by atoms with Crippen LogP contribution in [0.5, 0.6) is 11.5 Å². The Balaban J connectivity index is 2.17. The van der Waals surface area contributed by atoms with Crippen LogP contribution >= 0.6 is 0 Å². The zero-order valence-corrected chi connectivity index (χ0v) is 20.6. The molecule has 0 fully saturated rings. The normalized spacial score (nSPS) is 10.9. The lowest BCUT2D eigenvalue weighted by Crippen LogP contribution is -2.17. The lowest BCUT2D eigenvalue weighted by Gasteiger charge is -2.21. The molecule has 0 spiro atoms. The first kappa shape index (κ1) is 25.3. The first-order valence-corrected chi connectivity index (χ1v) is 12.1. The summed E-state index contributed by atoms with van der Waals surface area (Å²) in [6, 6.07) is 11.8. The molecule has 0 saturated heterocycles. The van der Waals surface area contributed by atoms with Crippen LogP contribution in [0.25, 0.3) is 21.5 Å². The molecule has 182 valence electrons. The van der Waals surface area contributed by atoms with Gasteiger partial charge in [0, 0.05) is 21.5 Å². The van der Waals surface area contributed by atoms with Crippen molar-refractivity contribution >= 4 is 33.5 Å². The molecule has 0 amide bonds. The quantitative estimate of drug-likeness (QED) is 0.249. The summed E-state index contributed by atoms with van der Waals surface area (Å²) in [5.74, 6) is 0.436. The van der Waals surface area contributed by atoms with E-state index in [4.69, 9.17) is 18.9 Å². The molecule has 0 saturated carbocycles. The summed E-state index contributed by atoms with van der Waals surface area (Å²) in [6.07, 6.45) is 3.16. The van der Waals surface area contributed by atoms with Crippen LogP contribution in [0, 0.1) is 0 Å². The highest BCUT2D eigenvalue weighted by molar-refractivity contribution is 6.12. The number of carbonyl (C=O) groups is 2. The maximum Gasteiger partial charge on any atom is 0.344 e. The van der Waals surface area contributed by atoms with E-state index in [1.54, 1.807) is 0 Å². The van der Waals surface area contributed by atoms with Crippen molar-refractivity contribution in [2.75, 3.05) is 26.4 Å². The van der Waals surface area contributed by atoms with Crippen molar-refractivity contribution in [2.24, 2.45) is 0 Å². The molecule has 0 aliphatic carbocycles. The number of carbonyl (C=O) groups excluding carboxylic acids is 2. The standard InChI is InChI=1S/C28H34O6/c1-5-15-31-24(29)17-33-27-21-11-9-10-12-22(21)28(34-18-25(30)32-16-6-2)26-20(8-4)19(7-3)13-14-23(26)27/h9-14H,5-8,15-18H2,1-4H3. The molecule has 34 heavy (non-hydrogen) atoms. The largest absolute Gasteiger partial charge is 0.481 e. The highest BCUT2D eigenvalue weighted by Crippen LogP contribution is 2.45. The second-order valence-corrected chi connectivity index (χ2v) is 8.06. The van der Waals surface area contributed by atoms with Crippen molar-refractivity contribution in [1.29, 1.82) is 0 Å². The van der Waals surface area contributed by atoms with Crippen molar-refractivity contribution < 1.29 is 28.5 Å². The lowest BCUT2D eigenvalue weighted by atomic mass is 9.91. The van der Waals surface area contributed by atoms with Gasteiger partial charge in [0.05, 0.1) is 13.2 Å². The smallest absolute Gasteiger partial charge is 0.344 e. The van der Waals surface area contributed by atoms with Gasteiger partial charge >= 0.3 is 11.9 Å². The molecular weight excluding hydrogens is 432 g/mol. The van der Waals surface area contributed by atoms with Crippen molar-refractivity contribution in [3.63, 3.8) is 0 Å². The van der Waals surface area contributed by atoms with Crippen LogP contribution < -0.4 is 9.47 Å². The zero-order chi connectivity index (χ0) is 24.5. The molecule has 0 aromatic heterocycles. The molecule has 0 N–H and O–H groups in total. The third kappa shape index (κ3) is 5.61. The molecule has 3 rings (SSSR count). The fourth-order valence-corrected chi connectivity index (χ4v) is 4.12. The predicted molar refractivity (Wildman–Crippen MR) is 134 cm³/mol. The molecule has 0 aliphatic rings. The van der Waals surface area contributed by atoms with Crippen LogP contribution in [0.2, 0.25) is 0 Å². The fourth-order valence-electron chi connectivity index (χ4n) is 4.12. The van der Waals surface area contributed by atoms with Crippen LogP contribution in [-0.2, 0) is 31.9 Å². The van der Waals surface area contributed by atoms with E-state index in [2.05, 4.69) is 19.9 Å². The van der Waals surface area contributed by atoms with E-state index in [0.717, 1.165) is 52.8 Å². The van der Waals surface area contributed by atoms with E-state index < -0.39 is 11.9 Å². The van der Waals surface area contributed by atoms with E-state index in [9.17, 15) is 9.59 Å². The van der Waals surface area contributed by atoms with Crippen LogP contribution in [0.15, 0.2) is 36.4 Å². The average molecular weight is 467 g/mol. The third-order valence-electron chi connectivity index (χ3n) is 5.64. The van der Waals surface area contributed by atoms with Crippen LogP contribution in [0.3, 0.4) is 0 Å². The number of hydrogen-bond acceptors (Lipinski definition) is 6. The summed E-state index contributed by atoms with van der Waals surface area (Å²) in [5.41, 5.74) is 2.35.